The lowest BCUT2D eigenvalue weighted by Gasteiger charge is -2.20. The number of nitro groups is 1. The van der Waals surface area contributed by atoms with Crippen LogP contribution in [-0.2, 0) is 0 Å². The van der Waals surface area contributed by atoms with Gasteiger partial charge in [-0.3, -0.25) is 10.1 Å². The molecular formula is C11H14F2N2O3. The Bertz CT molecular complexity index is 444. The van der Waals surface area contributed by atoms with Gasteiger partial charge in [0.25, 0.3) is 12.1 Å². The zero-order valence-electron chi connectivity index (χ0n) is 10.0. The molecule has 2 N–H and O–H groups in total. The number of rotatable bonds is 5. The molecule has 0 saturated carbocycles. The molecule has 0 radical (unpaired) electrons. The molecule has 0 aliphatic carbocycles. The van der Waals surface area contributed by atoms with Crippen molar-refractivity contribution in [3.05, 3.63) is 33.9 Å². The van der Waals surface area contributed by atoms with E-state index >= 15 is 0 Å². The molecule has 1 rings (SSSR count). The largest absolute Gasteiger partial charge is 0.491 e. The number of nitro benzene ring substituents is 1. The SMILES string of the molecule is CC(C)(N)COc1ccc([N+](=O)[O-])cc1C(F)F. The average molecular weight is 260 g/mol. The van der Waals surface area contributed by atoms with Gasteiger partial charge in [0.2, 0.25) is 0 Å². The van der Waals surface area contributed by atoms with Gasteiger partial charge in [-0.15, -0.1) is 0 Å². The van der Waals surface area contributed by atoms with E-state index in [1.165, 1.54) is 0 Å². The van der Waals surface area contributed by atoms with Crippen molar-refractivity contribution in [2.75, 3.05) is 6.61 Å². The highest BCUT2D eigenvalue weighted by Gasteiger charge is 2.20. The third-order valence-electron chi connectivity index (χ3n) is 2.04. The molecule has 1 aromatic rings. The van der Waals surface area contributed by atoms with Crippen LogP contribution in [0.25, 0.3) is 0 Å². The molecule has 100 valence electrons. The summed E-state index contributed by atoms with van der Waals surface area (Å²) in [6.45, 7) is 3.39. The molecule has 0 atom stereocenters. The summed E-state index contributed by atoms with van der Waals surface area (Å²) >= 11 is 0. The molecule has 7 heteroatoms. The first-order valence-corrected chi connectivity index (χ1v) is 5.19. The molecule has 5 nitrogen and oxygen atoms in total. The molecule has 0 spiro atoms. The monoisotopic (exact) mass is 260 g/mol. The van der Waals surface area contributed by atoms with E-state index in [1.807, 2.05) is 0 Å². The van der Waals surface area contributed by atoms with Crippen LogP contribution < -0.4 is 10.5 Å². The van der Waals surface area contributed by atoms with E-state index in [1.54, 1.807) is 13.8 Å². The summed E-state index contributed by atoms with van der Waals surface area (Å²) in [4.78, 5) is 9.77. The van der Waals surface area contributed by atoms with Crippen LogP contribution in [0.5, 0.6) is 5.75 Å². The minimum atomic E-state index is -2.85. The number of non-ortho nitro benzene ring substituents is 1. The zero-order chi connectivity index (χ0) is 13.9. The second-order valence-corrected chi connectivity index (χ2v) is 4.56. The second kappa shape index (κ2) is 5.26. The van der Waals surface area contributed by atoms with Crippen molar-refractivity contribution in [3.8, 4) is 5.75 Å². The summed E-state index contributed by atoms with van der Waals surface area (Å²) in [7, 11) is 0. The Morgan fingerprint density at radius 1 is 1.50 bits per heavy atom. The predicted octanol–water partition coefficient (Wildman–Crippen LogP) is 2.65. The van der Waals surface area contributed by atoms with E-state index in [-0.39, 0.29) is 12.4 Å². The van der Waals surface area contributed by atoms with Crippen molar-refractivity contribution in [1.29, 1.82) is 0 Å². The maximum Gasteiger partial charge on any atom is 0.270 e. The van der Waals surface area contributed by atoms with Crippen LogP contribution in [-0.4, -0.2) is 17.1 Å². The summed E-state index contributed by atoms with van der Waals surface area (Å²) in [5.74, 6) is -0.0888. The van der Waals surface area contributed by atoms with E-state index < -0.39 is 28.1 Å². The van der Waals surface area contributed by atoms with Gasteiger partial charge in [0.05, 0.1) is 10.5 Å². The topological polar surface area (TPSA) is 78.4 Å². The smallest absolute Gasteiger partial charge is 0.270 e. The third kappa shape index (κ3) is 3.92. The first-order valence-electron chi connectivity index (χ1n) is 5.19. The summed E-state index contributed by atoms with van der Waals surface area (Å²) in [6.07, 6.45) is -2.85. The molecular weight excluding hydrogens is 246 g/mol. The van der Waals surface area contributed by atoms with Gasteiger partial charge in [0.15, 0.2) is 0 Å². The first-order chi connectivity index (χ1) is 8.20. The van der Waals surface area contributed by atoms with E-state index in [2.05, 4.69) is 0 Å². The Hall–Kier alpha value is -1.76. The van der Waals surface area contributed by atoms with E-state index in [0.717, 1.165) is 18.2 Å². The standard InChI is InChI=1S/C11H14F2N2O3/c1-11(2,14)6-18-9-4-3-7(15(16)17)5-8(9)10(12)13/h3-5,10H,6,14H2,1-2H3. The van der Waals surface area contributed by atoms with Gasteiger partial charge in [-0.2, -0.15) is 0 Å². The van der Waals surface area contributed by atoms with Gasteiger partial charge in [-0.1, -0.05) is 0 Å². The van der Waals surface area contributed by atoms with Crippen LogP contribution in [0.4, 0.5) is 14.5 Å². The number of ether oxygens (including phenoxy) is 1. The molecule has 0 fully saturated rings. The molecule has 0 amide bonds. The molecule has 18 heavy (non-hydrogen) atoms. The summed E-state index contributed by atoms with van der Waals surface area (Å²) < 4.78 is 30.7. The number of benzene rings is 1. The lowest BCUT2D eigenvalue weighted by molar-refractivity contribution is -0.385. The van der Waals surface area contributed by atoms with Crippen molar-refractivity contribution in [1.82, 2.24) is 0 Å². The van der Waals surface area contributed by atoms with Crippen molar-refractivity contribution >= 4 is 5.69 Å². The second-order valence-electron chi connectivity index (χ2n) is 4.56. The fourth-order valence-electron chi connectivity index (χ4n) is 1.22. The molecule has 0 heterocycles. The normalized spacial score (nSPS) is 11.7. The lowest BCUT2D eigenvalue weighted by Crippen LogP contribution is -2.38. The fourth-order valence-corrected chi connectivity index (χ4v) is 1.22. The number of hydrogen-bond donors (Lipinski definition) is 1. The average Bonchev–Trinajstić information content (AvgIpc) is 2.24. The summed E-state index contributed by atoms with van der Waals surface area (Å²) in [5, 5.41) is 10.5. The van der Waals surface area contributed by atoms with Crippen molar-refractivity contribution < 1.29 is 18.4 Å². The van der Waals surface area contributed by atoms with Gasteiger partial charge in [-0.25, -0.2) is 8.78 Å². The Kier molecular flexibility index (Phi) is 4.18. The third-order valence-corrected chi connectivity index (χ3v) is 2.04. The van der Waals surface area contributed by atoms with E-state index in [4.69, 9.17) is 10.5 Å². The van der Waals surface area contributed by atoms with Gasteiger partial charge in [-0.05, 0) is 19.9 Å². The molecule has 0 unspecified atom stereocenters. The molecule has 1 aromatic carbocycles. The number of hydrogen-bond acceptors (Lipinski definition) is 4. The van der Waals surface area contributed by atoms with Crippen LogP contribution >= 0.6 is 0 Å². The molecule has 0 aliphatic heterocycles. The molecule has 0 aromatic heterocycles. The van der Waals surface area contributed by atoms with Gasteiger partial charge in [0.1, 0.15) is 12.4 Å². The Morgan fingerprint density at radius 2 is 2.11 bits per heavy atom. The van der Waals surface area contributed by atoms with Crippen LogP contribution in [0.15, 0.2) is 18.2 Å². The highest BCUT2D eigenvalue weighted by molar-refractivity contribution is 5.44. The summed E-state index contributed by atoms with van der Waals surface area (Å²) in [5.41, 5.74) is 4.08. The Balaban J connectivity index is 3.01. The van der Waals surface area contributed by atoms with E-state index in [0.29, 0.717) is 0 Å². The Labute approximate surface area is 103 Å². The number of nitrogens with two attached hydrogens (primary N) is 1. The predicted molar refractivity (Wildman–Crippen MR) is 61.8 cm³/mol. The lowest BCUT2D eigenvalue weighted by atomic mass is 10.1. The Morgan fingerprint density at radius 3 is 2.56 bits per heavy atom. The quantitative estimate of drug-likeness (QED) is 0.652. The highest BCUT2D eigenvalue weighted by Crippen LogP contribution is 2.32. The van der Waals surface area contributed by atoms with Crippen LogP contribution in [0.3, 0.4) is 0 Å². The maximum atomic E-state index is 12.8. The van der Waals surface area contributed by atoms with Crippen LogP contribution in [0, 0.1) is 10.1 Å². The van der Waals surface area contributed by atoms with Gasteiger partial charge >= 0.3 is 0 Å². The molecule has 0 bridgehead atoms. The fraction of sp³-hybridized carbons (Fsp3) is 0.455. The van der Waals surface area contributed by atoms with Crippen molar-refractivity contribution in [3.63, 3.8) is 0 Å². The number of alkyl halides is 2. The zero-order valence-corrected chi connectivity index (χ0v) is 10.0. The van der Waals surface area contributed by atoms with Gasteiger partial charge in [0, 0.05) is 17.7 Å². The first kappa shape index (κ1) is 14.3. The minimum Gasteiger partial charge on any atom is -0.491 e. The maximum absolute atomic E-state index is 12.8. The van der Waals surface area contributed by atoms with Crippen molar-refractivity contribution in [2.24, 2.45) is 5.73 Å². The summed E-state index contributed by atoms with van der Waals surface area (Å²) in [6, 6.07) is 3.08. The van der Waals surface area contributed by atoms with Crippen LogP contribution in [0.1, 0.15) is 25.8 Å². The van der Waals surface area contributed by atoms with E-state index in [9.17, 15) is 18.9 Å². The highest BCUT2D eigenvalue weighted by atomic mass is 19.3. The minimum absolute atomic E-state index is 0.0323. The van der Waals surface area contributed by atoms with Crippen LogP contribution in [0.2, 0.25) is 0 Å². The number of halogens is 2. The molecule has 0 saturated heterocycles. The number of nitrogens with zero attached hydrogens (tertiary/aromatic N) is 1. The van der Waals surface area contributed by atoms with Gasteiger partial charge < -0.3 is 10.5 Å². The molecule has 0 aliphatic rings. The van der Waals surface area contributed by atoms with Crippen molar-refractivity contribution in [2.45, 2.75) is 25.8 Å².